The van der Waals surface area contributed by atoms with Gasteiger partial charge in [-0.1, -0.05) is 42.5 Å². The quantitative estimate of drug-likeness (QED) is 0.535. The van der Waals surface area contributed by atoms with Gasteiger partial charge in [0.25, 0.3) is 5.91 Å². The SMILES string of the molecule is Cc1nc(C(NC(=O)c2cc3c(s2)-c2ccccc2OC3)c2ccccc2)n[nH]1. The first-order chi connectivity index (χ1) is 14.2. The van der Waals surface area contributed by atoms with E-state index in [1.807, 2.05) is 67.6 Å². The Bertz CT molecular complexity index is 1180. The predicted octanol–water partition coefficient (Wildman–Crippen LogP) is 4.25. The summed E-state index contributed by atoms with van der Waals surface area (Å²) in [6, 6.07) is 19.1. The summed E-state index contributed by atoms with van der Waals surface area (Å²) in [5, 5.41) is 10.2. The highest BCUT2D eigenvalue weighted by molar-refractivity contribution is 7.17. The van der Waals surface area contributed by atoms with Crippen molar-refractivity contribution in [2.24, 2.45) is 0 Å². The van der Waals surface area contributed by atoms with Gasteiger partial charge < -0.3 is 10.1 Å². The second kappa shape index (κ2) is 7.18. The van der Waals surface area contributed by atoms with Gasteiger partial charge in [-0.2, -0.15) is 5.10 Å². The monoisotopic (exact) mass is 402 g/mol. The summed E-state index contributed by atoms with van der Waals surface area (Å²) in [4.78, 5) is 19.3. The van der Waals surface area contributed by atoms with E-state index in [0.29, 0.717) is 23.1 Å². The molecular weight excluding hydrogens is 384 g/mol. The molecule has 1 aliphatic rings. The molecule has 3 heterocycles. The van der Waals surface area contributed by atoms with Crippen molar-refractivity contribution in [3.8, 4) is 16.2 Å². The molecular formula is C22H18N4O2S. The number of ether oxygens (including phenoxy) is 1. The molecule has 0 spiro atoms. The maximum Gasteiger partial charge on any atom is 0.262 e. The second-order valence-corrected chi connectivity index (χ2v) is 7.90. The fourth-order valence-corrected chi connectivity index (χ4v) is 4.55. The number of carbonyl (C=O) groups is 1. The Hall–Kier alpha value is -3.45. The Morgan fingerprint density at radius 2 is 1.97 bits per heavy atom. The van der Waals surface area contributed by atoms with Gasteiger partial charge in [-0.05, 0) is 30.7 Å². The minimum absolute atomic E-state index is 0.154. The van der Waals surface area contributed by atoms with Gasteiger partial charge >= 0.3 is 0 Å². The van der Waals surface area contributed by atoms with Crippen molar-refractivity contribution in [2.75, 3.05) is 0 Å². The van der Waals surface area contributed by atoms with Gasteiger partial charge in [0.15, 0.2) is 5.82 Å². The third-order valence-electron chi connectivity index (χ3n) is 4.83. The smallest absolute Gasteiger partial charge is 0.262 e. The maximum atomic E-state index is 13.1. The third kappa shape index (κ3) is 3.30. The van der Waals surface area contributed by atoms with Crippen LogP contribution < -0.4 is 10.1 Å². The van der Waals surface area contributed by atoms with Crippen LogP contribution in [0.4, 0.5) is 0 Å². The van der Waals surface area contributed by atoms with Crippen LogP contribution in [0.3, 0.4) is 0 Å². The van der Waals surface area contributed by atoms with Crippen LogP contribution in [0.2, 0.25) is 0 Å². The van der Waals surface area contributed by atoms with E-state index in [4.69, 9.17) is 4.74 Å². The van der Waals surface area contributed by atoms with Crippen molar-refractivity contribution in [3.05, 3.63) is 88.3 Å². The Labute approximate surface area is 171 Å². The molecule has 1 amide bonds. The molecule has 0 bridgehead atoms. The summed E-state index contributed by atoms with van der Waals surface area (Å²) in [5.41, 5.74) is 2.99. The number of aromatic amines is 1. The number of rotatable bonds is 4. The normalized spacial score (nSPS) is 13.1. The molecule has 2 aromatic carbocycles. The number of amides is 1. The van der Waals surface area contributed by atoms with Crippen molar-refractivity contribution in [3.63, 3.8) is 0 Å². The number of hydrogen-bond donors (Lipinski definition) is 2. The summed E-state index contributed by atoms with van der Waals surface area (Å²) < 4.78 is 5.82. The molecule has 0 radical (unpaired) electrons. The van der Waals surface area contributed by atoms with Gasteiger partial charge in [-0.15, -0.1) is 11.3 Å². The summed E-state index contributed by atoms with van der Waals surface area (Å²) in [6.07, 6.45) is 0. The summed E-state index contributed by atoms with van der Waals surface area (Å²) in [6.45, 7) is 2.31. The van der Waals surface area contributed by atoms with Crippen molar-refractivity contribution >= 4 is 17.2 Å². The molecule has 4 aromatic rings. The summed E-state index contributed by atoms with van der Waals surface area (Å²) in [7, 11) is 0. The van der Waals surface area contributed by atoms with Crippen LogP contribution in [0.1, 0.15) is 38.5 Å². The van der Waals surface area contributed by atoms with Crippen LogP contribution in [-0.2, 0) is 6.61 Å². The first-order valence-electron chi connectivity index (χ1n) is 9.28. The number of nitrogens with one attached hydrogen (secondary N) is 2. The van der Waals surface area contributed by atoms with Crippen LogP contribution in [0.5, 0.6) is 5.75 Å². The fourth-order valence-electron chi connectivity index (χ4n) is 3.45. The van der Waals surface area contributed by atoms with Crippen molar-refractivity contribution < 1.29 is 9.53 Å². The first-order valence-corrected chi connectivity index (χ1v) is 10.1. The minimum atomic E-state index is -0.434. The molecule has 29 heavy (non-hydrogen) atoms. The highest BCUT2D eigenvalue weighted by atomic mass is 32.1. The average molecular weight is 402 g/mol. The lowest BCUT2D eigenvalue weighted by molar-refractivity contribution is 0.0945. The molecule has 2 aromatic heterocycles. The molecule has 0 saturated carbocycles. The Kier molecular flexibility index (Phi) is 4.37. The Morgan fingerprint density at radius 3 is 2.76 bits per heavy atom. The first kappa shape index (κ1) is 17.6. The van der Waals surface area contributed by atoms with E-state index in [0.717, 1.165) is 27.3 Å². The molecule has 1 unspecified atom stereocenters. The molecule has 2 N–H and O–H groups in total. The van der Waals surface area contributed by atoms with Gasteiger partial charge in [0, 0.05) is 16.0 Å². The van der Waals surface area contributed by atoms with Crippen LogP contribution >= 0.6 is 11.3 Å². The summed E-state index contributed by atoms with van der Waals surface area (Å²) in [5.74, 6) is 1.94. The molecule has 0 saturated heterocycles. The molecule has 0 aliphatic carbocycles. The predicted molar refractivity (Wildman–Crippen MR) is 111 cm³/mol. The zero-order valence-corrected chi connectivity index (χ0v) is 16.5. The highest BCUT2D eigenvalue weighted by Gasteiger charge is 2.26. The van der Waals surface area contributed by atoms with Crippen LogP contribution in [0, 0.1) is 6.92 Å². The van der Waals surface area contributed by atoms with Gasteiger partial charge in [-0.25, -0.2) is 4.98 Å². The number of benzene rings is 2. The van der Waals surface area contributed by atoms with Crippen LogP contribution in [0.15, 0.2) is 60.7 Å². The molecule has 1 atom stereocenters. The Morgan fingerprint density at radius 1 is 1.17 bits per heavy atom. The lowest BCUT2D eigenvalue weighted by atomic mass is 10.1. The van der Waals surface area contributed by atoms with Crippen molar-refractivity contribution in [1.29, 1.82) is 0 Å². The number of para-hydroxylation sites is 1. The number of H-pyrrole nitrogens is 1. The molecule has 7 heteroatoms. The molecule has 5 rings (SSSR count). The van der Waals surface area contributed by atoms with Crippen molar-refractivity contribution in [2.45, 2.75) is 19.6 Å². The van der Waals surface area contributed by atoms with Gasteiger partial charge in [0.2, 0.25) is 0 Å². The standard InChI is InChI=1S/C22H18N4O2S/c1-13-23-21(26-25-13)19(14-7-3-2-4-8-14)24-22(27)18-11-15-12-28-17-10-6-5-9-16(17)20(15)29-18/h2-11,19H,12H2,1H3,(H,24,27)(H,23,25,26). The molecule has 144 valence electrons. The lowest BCUT2D eigenvalue weighted by Crippen LogP contribution is -2.29. The molecule has 1 aliphatic heterocycles. The van der Waals surface area contributed by atoms with E-state index in [1.165, 1.54) is 11.3 Å². The number of fused-ring (bicyclic) bond motifs is 3. The second-order valence-electron chi connectivity index (χ2n) is 6.85. The topological polar surface area (TPSA) is 79.9 Å². The number of aryl methyl sites for hydroxylation is 1. The van der Waals surface area contributed by atoms with Crippen LogP contribution in [-0.4, -0.2) is 21.1 Å². The minimum Gasteiger partial charge on any atom is -0.488 e. The number of carbonyl (C=O) groups excluding carboxylic acids is 1. The van der Waals surface area contributed by atoms with E-state index < -0.39 is 6.04 Å². The van der Waals surface area contributed by atoms with E-state index >= 15 is 0 Å². The highest BCUT2D eigenvalue weighted by Crippen LogP contribution is 2.42. The van der Waals surface area contributed by atoms with E-state index in [-0.39, 0.29) is 5.91 Å². The lowest BCUT2D eigenvalue weighted by Gasteiger charge is -2.16. The third-order valence-corrected chi connectivity index (χ3v) is 6.04. The van der Waals surface area contributed by atoms with E-state index in [1.54, 1.807) is 0 Å². The number of nitrogens with zero attached hydrogens (tertiary/aromatic N) is 2. The number of hydrogen-bond acceptors (Lipinski definition) is 5. The maximum absolute atomic E-state index is 13.1. The molecule has 6 nitrogen and oxygen atoms in total. The van der Waals surface area contributed by atoms with Crippen molar-refractivity contribution in [1.82, 2.24) is 20.5 Å². The molecule has 0 fully saturated rings. The van der Waals surface area contributed by atoms with Crippen LogP contribution in [0.25, 0.3) is 10.4 Å². The average Bonchev–Trinajstić information content (AvgIpc) is 3.39. The zero-order valence-electron chi connectivity index (χ0n) is 15.7. The van der Waals surface area contributed by atoms with E-state index in [9.17, 15) is 4.79 Å². The zero-order chi connectivity index (χ0) is 19.8. The van der Waals surface area contributed by atoms with E-state index in [2.05, 4.69) is 20.5 Å². The van der Waals surface area contributed by atoms with Gasteiger partial charge in [-0.3, -0.25) is 9.89 Å². The fraction of sp³-hybridized carbons (Fsp3) is 0.136. The van der Waals surface area contributed by atoms with Gasteiger partial charge in [0.1, 0.15) is 24.2 Å². The number of thiophene rings is 1. The Balaban J connectivity index is 1.47. The number of aromatic nitrogens is 3. The van der Waals surface area contributed by atoms with Gasteiger partial charge in [0.05, 0.1) is 4.88 Å². The summed E-state index contributed by atoms with van der Waals surface area (Å²) >= 11 is 1.48. The largest absolute Gasteiger partial charge is 0.488 e.